The van der Waals surface area contributed by atoms with Gasteiger partial charge in [-0.3, -0.25) is 0 Å². The number of phenols is 1. The van der Waals surface area contributed by atoms with Gasteiger partial charge in [0.2, 0.25) is 0 Å². The van der Waals surface area contributed by atoms with Crippen LogP contribution < -0.4 is 10.5 Å². The molecule has 1 aliphatic rings. The SMILES string of the molecule is COc1cc(O)c(C(=O)O)cc1C1(CN)CCCC1. The van der Waals surface area contributed by atoms with Crippen LogP contribution in [0.4, 0.5) is 0 Å². The third kappa shape index (κ3) is 2.26. The molecule has 1 aromatic rings. The summed E-state index contributed by atoms with van der Waals surface area (Å²) < 4.78 is 5.29. The van der Waals surface area contributed by atoms with Crippen molar-refractivity contribution in [1.29, 1.82) is 0 Å². The van der Waals surface area contributed by atoms with E-state index in [9.17, 15) is 9.90 Å². The molecule has 104 valence electrons. The second-order valence-electron chi connectivity index (χ2n) is 5.07. The van der Waals surface area contributed by atoms with Gasteiger partial charge < -0.3 is 20.7 Å². The summed E-state index contributed by atoms with van der Waals surface area (Å²) in [5, 5.41) is 18.8. The van der Waals surface area contributed by atoms with Gasteiger partial charge >= 0.3 is 5.97 Å². The first-order valence-electron chi connectivity index (χ1n) is 6.39. The number of carboxylic acid groups (broad SMARTS) is 1. The molecule has 19 heavy (non-hydrogen) atoms. The zero-order chi connectivity index (χ0) is 14.0. The molecular formula is C14H19NO4. The van der Waals surface area contributed by atoms with E-state index in [4.69, 9.17) is 15.6 Å². The summed E-state index contributed by atoms with van der Waals surface area (Å²) in [7, 11) is 1.51. The first kappa shape index (κ1) is 13.7. The zero-order valence-corrected chi connectivity index (χ0v) is 11.0. The Balaban J connectivity index is 2.60. The molecule has 0 aliphatic heterocycles. The molecule has 0 spiro atoms. The van der Waals surface area contributed by atoms with Gasteiger partial charge in [0.25, 0.3) is 0 Å². The number of carbonyl (C=O) groups is 1. The second kappa shape index (κ2) is 5.09. The summed E-state index contributed by atoms with van der Waals surface area (Å²) in [6.07, 6.45) is 3.99. The van der Waals surface area contributed by atoms with Gasteiger partial charge in [-0.15, -0.1) is 0 Å². The lowest BCUT2D eigenvalue weighted by Crippen LogP contribution is -2.32. The number of aromatic carboxylic acids is 1. The van der Waals surface area contributed by atoms with Gasteiger partial charge in [0.05, 0.1) is 7.11 Å². The quantitative estimate of drug-likeness (QED) is 0.772. The van der Waals surface area contributed by atoms with Gasteiger partial charge in [-0.25, -0.2) is 4.79 Å². The number of benzene rings is 1. The third-order valence-electron chi connectivity index (χ3n) is 4.07. The maximum Gasteiger partial charge on any atom is 0.339 e. The lowest BCUT2D eigenvalue weighted by atomic mass is 9.77. The molecule has 1 aromatic carbocycles. The van der Waals surface area contributed by atoms with Crippen LogP contribution in [0.3, 0.4) is 0 Å². The number of hydrogen-bond donors (Lipinski definition) is 3. The Kier molecular flexibility index (Phi) is 3.66. The van der Waals surface area contributed by atoms with Crippen molar-refractivity contribution in [3.8, 4) is 11.5 Å². The highest BCUT2D eigenvalue weighted by Crippen LogP contribution is 2.45. The van der Waals surface area contributed by atoms with E-state index in [0.717, 1.165) is 31.2 Å². The topological polar surface area (TPSA) is 92.8 Å². The average Bonchev–Trinajstić information content (AvgIpc) is 2.87. The highest BCUT2D eigenvalue weighted by atomic mass is 16.5. The van der Waals surface area contributed by atoms with Crippen LogP contribution in [0.5, 0.6) is 11.5 Å². The Labute approximate surface area is 112 Å². The molecule has 0 heterocycles. The minimum absolute atomic E-state index is 0.101. The van der Waals surface area contributed by atoms with Crippen LogP contribution in [-0.4, -0.2) is 29.8 Å². The van der Waals surface area contributed by atoms with E-state index >= 15 is 0 Å². The van der Waals surface area contributed by atoms with Crippen molar-refractivity contribution in [3.05, 3.63) is 23.3 Å². The minimum Gasteiger partial charge on any atom is -0.507 e. The highest BCUT2D eigenvalue weighted by molar-refractivity contribution is 5.91. The van der Waals surface area contributed by atoms with Crippen LogP contribution >= 0.6 is 0 Å². The number of ether oxygens (including phenoxy) is 1. The lowest BCUT2D eigenvalue weighted by Gasteiger charge is -2.30. The molecular weight excluding hydrogens is 246 g/mol. The molecule has 1 aliphatic carbocycles. The number of nitrogens with two attached hydrogens (primary N) is 1. The van der Waals surface area contributed by atoms with E-state index in [0.29, 0.717) is 12.3 Å². The van der Waals surface area contributed by atoms with E-state index < -0.39 is 5.97 Å². The molecule has 0 unspecified atom stereocenters. The van der Waals surface area contributed by atoms with E-state index in [1.807, 2.05) is 0 Å². The number of carboxylic acids is 1. The predicted molar refractivity (Wildman–Crippen MR) is 70.8 cm³/mol. The molecule has 1 fully saturated rings. The molecule has 2 rings (SSSR count). The molecule has 0 aromatic heterocycles. The fraction of sp³-hybridized carbons (Fsp3) is 0.500. The van der Waals surface area contributed by atoms with E-state index in [1.54, 1.807) is 0 Å². The van der Waals surface area contributed by atoms with Crippen molar-refractivity contribution in [2.24, 2.45) is 5.73 Å². The first-order chi connectivity index (χ1) is 9.04. The van der Waals surface area contributed by atoms with Crippen molar-refractivity contribution in [3.63, 3.8) is 0 Å². The zero-order valence-electron chi connectivity index (χ0n) is 11.0. The summed E-state index contributed by atoms with van der Waals surface area (Å²) in [6.45, 7) is 0.452. The van der Waals surface area contributed by atoms with Crippen molar-refractivity contribution in [2.75, 3.05) is 13.7 Å². The summed E-state index contributed by atoms with van der Waals surface area (Å²) in [4.78, 5) is 11.1. The number of rotatable bonds is 4. The van der Waals surface area contributed by atoms with Crippen LogP contribution in [-0.2, 0) is 5.41 Å². The number of aromatic hydroxyl groups is 1. The fourth-order valence-corrected chi connectivity index (χ4v) is 2.96. The maximum atomic E-state index is 11.1. The Bertz CT molecular complexity index is 492. The number of hydrogen-bond acceptors (Lipinski definition) is 4. The summed E-state index contributed by atoms with van der Waals surface area (Å²) in [5.41, 5.74) is 6.39. The Hall–Kier alpha value is -1.75. The average molecular weight is 265 g/mol. The molecule has 5 nitrogen and oxygen atoms in total. The Morgan fingerprint density at radius 3 is 2.53 bits per heavy atom. The molecule has 0 amide bonds. The molecule has 0 bridgehead atoms. The summed E-state index contributed by atoms with van der Waals surface area (Å²) in [6, 6.07) is 2.88. The van der Waals surface area contributed by atoms with Crippen LogP contribution in [0.2, 0.25) is 0 Å². The first-order valence-corrected chi connectivity index (χ1v) is 6.39. The van der Waals surface area contributed by atoms with E-state index in [1.165, 1.54) is 19.2 Å². The van der Waals surface area contributed by atoms with Gasteiger partial charge in [0.1, 0.15) is 17.1 Å². The highest BCUT2D eigenvalue weighted by Gasteiger charge is 2.37. The van der Waals surface area contributed by atoms with E-state index in [-0.39, 0.29) is 16.7 Å². The fourth-order valence-electron chi connectivity index (χ4n) is 2.96. The largest absolute Gasteiger partial charge is 0.507 e. The Morgan fingerprint density at radius 2 is 2.05 bits per heavy atom. The van der Waals surface area contributed by atoms with Gasteiger partial charge in [-0.1, -0.05) is 12.8 Å². The van der Waals surface area contributed by atoms with Crippen LogP contribution in [0.25, 0.3) is 0 Å². The molecule has 5 heteroatoms. The van der Waals surface area contributed by atoms with Gasteiger partial charge in [0, 0.05) is 23.6 Å². The van der Waals surface area contributed by atoms with Crippen LogP contribution in [0.1, 0.15) is 41.6 Å². The van der Waals surface area contributed by atoms with Gasteiger partial charge in [0.15, 0.2) is 0 Å². The van der Waals surface area contributed by atoms with Crippen molar-refractivity contribution < 1.29 is 19.7 Å². The molecule has 0 atom stereocenters. The smallest absolute Gasteiger partial charge is 0.339 e. The van der Waals surface area contributed by atoms with Crippen molar-refractivity contribution in [1.82, 2.24) is 0 Å². The standard InChI is InChI=1S/C14H19NO4/c1-19-12-7-11(16)9(13(17)18)6-10(12)14(8-15)4-2-3-5-14/h6-7,16H,2-5,8,15H2,1H3,(H,17,18). The van der Waals surface area contributed by atoms with Crippen molar-refractivity contribution in [2.45, 2.75) is 31.1 Å². The minimum atomic E-state index is -1.15. The second-order valence-corrected chi connectivity index (χ2v) is 5.07. The van der Waals surface area contributed by atoms with Crippen molar-refractivity contribution >= 4 is 5.97 Å². The molecule has 1 saturated carbocycles. The molecule has 0 radical (unpaired) electrons. The van der Waals surface area contributed by atoms with Crippen LogP contribution in [0.15, 0.2) is 12.1 Å². The summed E-state index contributed by atoms with van der Waals surface area (Å²) in [5.74, 6) is -0.917. The van der Waals surface area contributed by atoms with Gasteiger partial charge in [-0.05, 0) is 18.9 Å². The third-order valence-corrected chi connectivity index (χ3v) is 4.07. The monoisotopic (exact) mass is 265 g/mol. The Morgan fingerprint density at radius 1 is 1.42 bits per heavy atom. The normalized spacial score (nSPS) is 17.4. The van der Waals surface area contributed by atoms with Gasteiger partial charge in [-0.2, -0.15) is 0 Å². The maximum absolute atomic E-state index is 11.1. The molecule has 0 saturated heterocycles. The predicted octanol–water partition coefficient (Wildman–Crippen LogP) is 1.87. The summed E-state index contributed by atoms with van der Waals surface area (Å²) >= 11 is 0. The van der Waals surface area contributed by atoms with Crippen LogP contribution in [0, 0.1) is 0 Å². The lowest BCUT2D eigenvalue weighted by molar-refractivity contribution is 0.0693. The number of methoxy groups -OCH3 is 1. The van der Waals surface area contributed by atoms with E-state index in [2.05, 4.69) is 0 Å². The molecule has 4 N–H and O–H groups in total.